The van der Waals surface area contributed by atoms with Gasteiger partial charge in [0.1, 0.15) is 6.54 Å². The van der Waals surface area contributed by atoms with E-state index in [0.29, 0.717) is 16.8 Å². The number of fused-ring (bicyclic) bond motifs is 1. The van der Waals surface area contributed by atoms with Crippen LogP contribution in [0.2, 0.25) is 0 Å². The van der Waals surface area contributed by atoms with Gasteiger partial charge in [-0.15, -0.1) is 0 Å². The fourth-order valence-corrected chi connectivity index (χ4v) is 2.42. The SMILES string of the molecule is CN(C(=O)CN1C(=O)c2ccccc2C1=O)c1ccccc1. The molecule has 2 aromatic rings. The normalized spacial score (nSPS) is 13.2. The van der Waals surface area contributed by atoms with Crippen LogP contribution in [0.25, 0.3) is 0 Å². The standard InChI is InChI=1S/C17H14N2O3/c1-18(12-7-3-2-4-8-12)15(20)11-19-16(21)13-9-5-6-10-14(13)17(19)22/h2-10H,11H2,1H3. The summed E-state index contributed by atoms with van der Waals surface area (Å²) in [5, 5.41) is 0. The lowest BCUT2D eigenvalue weighted by atomic mass is 10.1. The van der Waals surface area contributed by atoms with E-state index >= 15 is 0 Å². The number of rotatable bonds is 3. The number of para-hydroxylation sites is 1. The van der Waals surface area contributed by atoms with E-state index in [1.807, 2.05) is 18.2 Å². The van der Waals surface area contributed by atoms with Gasteiger partial charge in [0, 0.05) is 12.7 Å². The first-order chi connectivity index (χ1) is 10.6. The van der Waals surface area contributed by atoms with Crippen molar-refractivity contribution in [2.75, 3.05) is 18.5 Å². The highest BCUT2D eigenvalue weighted by Crippen LogP contribution is 2.22. The third-order valence-corrected chi connectivity index (χ3v) is 3.69. The van der Waals surface area contributed by atoms with Gasteiger partial charge in [-0.05, 0) is 24.3 Å². The quantitative estimate of drug-likeness (QED) is 0.813. The Kier molecular flexibility index (Phi) is 3.47. The number of amides is 3. The van der Waals surface area contributed by atoms with Crippen LogP contribution in [0, 0.1) is 0 Å². The Hall–Kier alpha value is -2.95. The lowest BCUT2D eigenvalue weighted by Crippen LogP contribution is -2.41. The van der Waals surface area contributed by atoms with Crippen molar-refractivity contribution in [2.45, 2.75) is 0 Å². The summed E-state index contributed by atoms with van der Waals surface area (Å²) >= 11 is 0. The van der Waals surface area contributed by atoms with E-state index < -0.39 is 11.8 Å². The molecule has 2 aromatic carbocycles. The van der Waals surface area contributed by atoms with Crippen LogP contribution < -0.4 is 4.90 Å². The van der Waals surface area contributed by atoms with E-state index in [4.69, 9.17) is 0 Å². The molecule has 1 aliphatic heterocycles. The highest BCUT2D eigenvalue weighted by Gasteiger charge is 2.36. The number of imide groups is 1. The van der Waals surface area contributed by atoms with Gasteiger partial charge in [-0.25, -0.2) is 0 Å². The van der Waals surface area contributed by atoms with Gasteiger partial charge in [-0.3, -0.25) is 19.3 Å². The highest BCUT2D eigenvalue weighted by molar-refractivity contribution is 6.22. The van der Waals surface area contributed by atoms with Gasteiger partial charge < -0.3 is 4.90 Å². The molecule has 0 fully saturated rings. The number of benzene rings is 2. The lowest BCUT2D eigenvalue weighted by Gasteiger charge is -2.20. The molecule has 0 N–H and O–H groups in total. The first-order valence-electron chi connectivity index (χ1n) is 6.86. The van der Waals surface area contributed by atoms with E-state index in [1.165, 1.54) is 4.90 Å². The molecule has 0 aliphatic carbocycles. The fourth-order valence-electron chi connectivity index (χ4n) is 2.42. The Balaban J connectivity index is 1.79. The van der Waals surface area contributed by atoms with Gasteiger partial charge in [-0.1, -0.05) is 30.3 Å². The number of hydrogen-bond acceptors (Lipinski definition) is 3. The summed E-state index contributed by atoms with van der Waals surface area (Å²) < 4.78 is 0. The van der Waals surface area contributed by atoms with Gasteiger partial charge >= 0.3 is 0 Å². The van der Waals surface area contributed by atoms with Crippen molar-refractivity contribution >= 4 is 23.4 Å². The smallest absolute Gasteiger partial charge is 0.262 e. The van der Waals surface area contributed by atoms with Gasteiger partial charge in [0.25, 0.3) is 11.8 Å². The van der Waals surface area contributed by atoms with Crippen molar-refractivity contribution in [3.8, 4) is 0 Å². The summed E-state index contributed by atoms with van der Waals surface area (Å²) in [7, 11) is 1.62. The van der Waals surface area contributed by atoms with E-state index in [0.717, 1.165) is 4.90 Å². The molecular weight excluding hydrogens is 280 g/mol. The van der Waals surface area contributed by atoms with Gasteiger partial charge in [0.2, 0.25) is 5.91 Å². The van der Waals surface area contributed by atoms with Gasteiger partial charge in [0.15, 0.2) is 0 Å². The topological polar surface area (TPSA) is 57.7 Å². The van der Waals surface area contributed by atoms with Crippen LogP contribution in [0.4, 0.5) is 5.69 Å². The largest absolute Gasteiger partial charge is 0.314 e. The molecule has 0 unspecified atom stereocenters. The molecule has 0 spiro atoms. The fraction of sp³-hybridized carbons (Fsp3) is 0.118. The highest BCUT2D eigenvalue weighted by atomic mass is 16.2. The van der Waals surface area contributed by atoms with Crippen LogP contribution in [0.5, 0.6) is 0 Å². The molecule has 0 saturated carbocycles. The predicted octanol–water partition coefficient (Wildman–Crippen LogP) is 1.95. The summed E-state index contributed by atoms with van der Waals surface area (Å²) in [6.45, 7) is -0.266. The second-order valence-corrected chi connectivity index (χ2v) is 5.03. The molecule has 3 rings (SSSR count). The molecule has 0 radical (unpaired) electrons. The van der Waals surface area contributed by atoms with Crippen molar-refractivity contribution in [1.29, 1.82) is 0 Å². The van der Waals surface area contributed by atoms with Crippen molar-refractivity contribution in [3.63, 3.8) is 0 Å². The summed E-state index contributed by atoms with van der Waals surface area (Å²) in [4.78, 5) is 39.2. The lowest BCUT2D eigenvalue weighted by molar-refractivity contribution is -0.118. The van der Waals surface area contributed by atoms with Crippen molar-refractivity contribution in [3.05, 3.63) is 65.7 Å². The summed E-state index contributed by atoms with van der Waals surface area (Å²) in [6, 6.07) is 15.7. The van der Waals surface area contributed by atoms with Crippen molar-refractivity contribution in [2.24, 2.45) is 0 Å². The van der Waals surface area contributed by atoms with E-state index in [9.17, 15) is 14.4 Å². The monoisotopic (exact) mass is 294 g/mol. The number of carbonyl (C=O) groups is 3. The zero-order valence-electron chi connectivity index (χ0n) is 12.0. The minimum Gasteiger partial charge on any atom is -0.314 e. The number of anilines is 1. The van der Waals surface area contributed by atoms with Crippen LogP contribution in [0.3, 0.4) is 0 Å². The molecule has 0 saturated heterocycles. The molecule has 0 atom stereocenters. The molecular formula is C17H14N2O3. The van der Waals surface area contributed by atoms with Crippen LogP contribution >= 0.6 is 0 Å². The first-order valence-corrected chi connectivity index (χ1v) is 6.86. The molecule has 110 valence electrons. The zero-order chi connectivity index (χ0) is 15.7. The average Bonchev–Trinajstić information content (AvgIpc) is 2.80. The maximum absolute atomic E-state index is 12.3. The third-order valence-electron chi connectivity index (χ3n) is 3.69. The van der Waals surface area contributed by atoms with E-state index in [-0.39, 0.29) is 12.5 Å². The van der Waals surface area contributed by atoms with Crippen LogP contribution in [-0.2, 0) is 4.79 Å². The number of nitrogens with zero attached hydrogens (tertiary/aromatic N) is 2. The van der Waals surface area contributed by atoms with E-state index in [1.54, 1.807) is 43.4 Å². The molecule has 5 heteroatoms. The minimum atomic E-state index is -0.421. The molecule has 5 nitrogen and oxygen atoms in total. The van der Waals surface area contributed by atoms with E-state index in [2.05, 4.69) is 0 Å². The first kappa shape index (κ1) is 14.0. The molecule has 1 aliphatic rings. The maximum Gasteiger partial charge on any atom is 0.262 e. The zero-order valence-corrected chi connectivity index (χ0v) is 12.0. The molecule has 1 heterocycles. The number of likely N-dealkylation sites (N-methyl/N-ethyl adjacent to an activating group) is 1. The minimum absolute atomic E-state index is 0.266. The summed E-state index contributed by atoms with van der Waals surface area (Å²) in [5.74, 6) is -1.16. The van der Waals surface area contributed by atoms with Crippen molar-refractivity contribution < 1.29 is 14.4 Å². The third kappa shape index (κ3) is 2.26. The second-order valence-electron chi connectivity index (χ2n) is 5.03. The Morgan fingerprint density at radius 3 is 1.95 bits per heavy atom. The second kappa shape index (κ2) is 5.44. The summed E-state index contributed by atoms with van der Waals surface area (Å²) in [5.41, 5.74) is 1.41. The Morgan fingerprint density at radius 1 is 0.909 bits per heavy atom. The average molecular weight is 294 g/mol. The predicted molar refractivity (Wildman–Crippen MR) is 81.7 cm³/mol. The molecule has 22 heavy (non-hydrogen) atoms. The van der Waals surface area contributed by atoms with Crippen LogP contribution in [0.15, 0.2) is 54.6 Å². The Labute approximate surface area is 127 Å². The van der Waals surface area contributed by atoms with Gasteiger partial charge in [0.05, 0.1) is 11.1 Å². The molecule has 0 aromatic heterocycles. The number of carbonyl (C=O) groups excluding carboxylic acids is 3. The Morgan fingerprint density at radius 2 is 1.41 bits per heavy atom. The molecule has 3 amide bonds. The van der Waals surface area contributed by atoms with Crippen LogP contribution in [0.1, 0.15) is 20.7 Å². The number of hydrogen-bond donors (Lipinski definition) is 0. The summed E-state index contributed by atoms with van der Waals surface area (Å²) in [6.07, 6.45) is 0. The van der Waals surface area contributed by atoms with Gasteiger partial charge in [-0.2, -0.15) is 0 Å². The van der Waals surface area contributed by atoms with Crippen LogP contribution in [-0.4, -0.2) is 36.2 Å². The van der Waals surface area contributed by atoms with Crippen molar-refractivity contribution in [1.82, 2.24) is 4.90 Å². The Bertz CT molecular complexity index is 721. The maximum atomic E-state index is 12.3. The molecule has 0 bridgehead atoms.